The van der Waals surface area contributed by atoms with E-state index in [0.29, 0.717) is 0 Å². The average Bonchev–Trinajstić information content (AvgIpc) is 3.33. The molecular formula is C18H15N5S. The van der Waals surface area contributed by atoms with Gasteiger partial charge in [-0.25, -0.2) is 4.68 Å². The van der Waals surface area contributed by atoms with Gasteiger partial charge in [0.15, 0.2) is 5.82 Å². The van der Waals surface area contributed by atoms with Crippen molar-refractivity contribution < 1.29 is 0 Å². The Bertz CT molecular complexity index is 1000. The summed E-state index contributed by atoms with van der Waals surface area (Å²) in [6.07, 6.45) is 2.69. The number of aromatic nitrogens is 4. The summed E-state index contributed by atoms with van der Waals surface area (Å²) in [6, 6.07) is 18.9. The van der Waals surface area contributed by atoms with Crippen molar-refractivity contribution in [2.24, 2.45) is 0 Å². The van der Waals surface area contributed by atoms with E-state index in [1.165, 1.54) is 16.3 Å². The van der Waals surface area contributed by atoms with Gasteiger partial charge in [-0.1, -0.05) is 54.2 Å². The van der Waals surface area contributed by atoms with Crippen LogP contribution in [0.25, 0.3) is 10.8 Å². The van der Waals surface area contributed by atoms with Gasteiger partial charge in [0.1, 0.15) is 5.37 Å². The molecule has 118 valence electrons. The fraction of sp³-hybridized carbons (Fsp3) is 0.111. The number of aromatic amines is 1. The minimum absolute atomic E-state index is 0.150. The summed E-state index contributed by atoms with van der Waals surface area (Å²) in [5.74, 6) is 0.933. The number of nitrogens with zero attached hydrogens (tertiary/aromatic N) is 3. The van der Waals surface area contributed by atoms with Crippen molar-refractivity contribution in [3.63, 3.8) is 0 Å². The normalized spacial score (nSPS) is 16.2. The summed E-state index contributed by atoms with van der Waals surface area (Å²) < 4.78 is 2.01. The van der Waals surface area contributed by atoms with Gasteiger partial charge in [0.25, 0.3) is 0 Å². The fourth-order valence-electron chi connectivity index (χ4n) is 3.13. The molecule has 4 aromatic rings. The molecule has 2 N–H and O–H groups in total. The predicted molar refractivity (Wildman–Crippen MR) is 95.5 cm³/mol. The summed E-state index contributed by atoms with van der Waals surface area (Å²) in [5.41, 5.74) is 5.88. The Balaban J connectivity index is 1.48. The van der Waals surface area contributed by atoms with Crippen molar-refractivity contribution in [1.82, 2.24) is 19.9 Å². The molecule has 0 amide bonds. The molecule has 1 aliphatic heterocycles. The van der Waals surface area contributed by atoms with E-state index in [1.807, 2.05) is 16.9 Å². The molecule has 0 spiro atoms. The number of H-pyrrole nitrogens is 1. The molecule has 1 atom stereocenters. The van der Waals surface area contributed by atoms with E-state index in [9.17, 15) is 0 Å². The van der Waals surface area contributed by atoms with Crippen molar-refractivity contribution in [3.05, 3.63) is 77.9 Å². The van der Waals surface area contributed by atoms with Crippen LogP contribution in [0.1, 0.15) is 22.5 Å². The molecule has 0 bridgehead atoms. The smallest absolute Gasteiger partial charge is 0.212 e. The van der Waals surface area contributed by atoms with Crippen LogP contribution < -0.4 is 5.43 Å². The summed E-state index contributed by atoms with van der Waals surface area (Å²) in [6.45, 7) is 0. The Kier molecular flexibility index (Phi) is 3.09. The van der Waals surface area contributed by atoms with Gasteiger partial charge < -0.3 is 10.4 Å². The zero-order chi connectivity index (χ0) is 15.9. The van der Waals surface area contributed by atoms with Gasteiger partial charge in [-0.2, -0.15) is 0 Å². The van der Waals surface area contributed by atoms with Crippen LogP contribution in [0.4, 0.5) is 0 Å². The van der Waals surface area contributed by atoms with Crippen molar-refractivity contribution in [3.8, 4) is 0 Å². The maximum absolute atomic E-state index is 4.38. The topological polar surface area (TPSA) is 58.5 Å². The predicted octanol–water partition coefficient (Wildman–Crippen LogP) is 3.70. The van der Waals surface area contributed by atoms with Crippen molar-refractivity contribution in [2.45, 2.75) is 17.0 Å². The zero-order valence-electron chi connectivity index (χ0n) is 12.8. The van der Waals surface area contributed by atoms with Gasteiger partial charge in [0, 0.05) is 18.3 Å². The molecule has 6 heteroatoms. The molecule has 5 nitrogen and oxygen atoms in total. The van der Waals surface area contributed by atoms with E-state index in [4.69, 9.17) is 0 Å². The number of hydrogen-bond donors (Lipinski definition) is 2. The third kappa shape index (κ3) is 2.18. The largest absolute Gasteiger partial charge is 0.363 e. The Morgan fingerprint density at radius 1 is 1.00 bits per heavy atom. The quantitative estimate of drug-likeness (QED) is 0.600. The molecule has 2 aromatic carbocycles. The van der Waals surface area contributed by atoms with Crippen LogP contribution in [0, 0.1) is 0 Å². The summed E-state index contributed by atoms with van der Waals surface area (Å²) in [7, 11) is 0. The Labute approximate surface area is 143 Å². The average molecular weight is 333 g/mol. The summed E-state index contributed by atoms with van der Waals surface area (Å²) in [4.78, 5) is 3.25. The zero-order valence-corrected chi connectivity index (χ0v) is 13.6. The molecule has 1 unspecified atom stereocenters. The molecule has 0 fully saturated rings. The van der Waals surface area contributed by atoms with E-state index in [2.05, 4.69) is 69.1 Å². The van der Waals surface area contributed by atoms with Crippen LogP contribution in [0.15, 0.2) is 66.0 Å². The molecule has 0 saturated heterocycles. The summed E-state index contributed by atoms with van der Waals surface area (Å²) in [5, 5.41) is 12.3. The van der Waals surface area contributed by atoms with Crippen molar-refractivity contribution in [1.29, 1.82) is 0 Å². The number of rotatable bonds is 3. The van der Waals surface area contributed by atoms with E-state index in [0.717, 1.165) is 23.1 Å². The van der Waals surface area contributed by atoms with Crippen LogP contribution in [-0.4, -0.2) is 19.9 Å². The van der Waals surface area contributed by atoms with Crippen LogP contribution >= 0.6 is 11.8 Å². The first kappa shape index (κ1) is 13.7. The second kappa shape index (κ2) is 5.42. The highest BCUT2D eigenvalue weighted by Crippen LogP contribution is 2.38. The van der Waals surface area contributed by atoms with Gasteiger partial charge >= 0.3 is 0 Å². The standard InChI is InChI=1S/C18H15N5S/c1-2-8-14-12(5-1)6-3-7-13(14)11-16-20-21-18-23(16)22-17(24-18)15-9-4-10-19-15/h1-10,17,19,22H,11H2. The second-order valence-corrected chi connectivity index (χ2v) is 6.87. The maximum atomic E-state index is 4.38. The molecule has 0 aliphatic carbocycles. The fourth-order valence-corrected chi connectivity index (χ4v) is 4.12. The molecule has 0 saturated carbocycles. The van der Waals surface area contributed by atoms with Gasteiger partial charge in [-0.15, -0.1) is 10.2 Å². The Morgan fingerprint density at radius 2 is 1.92 bits per heavy atom. The lowest BCUT2D eigenvalue weighted by molar-refractivity contribution is 0.742. The lowest BCUT2D eigenvalue weighted by Crippen LogP contribution is -2.16. The number of fused-ring (bicyclic) bond motifs is 2. The SMILES string of the molecule is c1c[nH]c(C2Nn3c(Cc4cccc5ccccc45)nnc3S2)c1. The monoisotopic (exact) mass is 333 g/mol. The number of thioether (sulfide) groups is 1. The highest BCUT2D eigenvalue weighted by molar-refractivity contribution is 7.99. The minimum atomic E-state index is 0.150. The first-order valence-corrected chi connectivity index (χ1v) is 8.74. The second-order valence-electron chi connectivity index (χ2n) is 5.80. The third-order valence-corrected chi connectivity index (χ3v) is 5.37. The van der Waals surface area contributed by atoms with E-state index in [1.54, 1.807) is 11.8 Å². The van der Waals surface area contributed by atoms with Gasteiger partial charge in [0.05, 0.1) is 0 Å². The van der Waals surface area contributed by atoms with Gasteiger partial charge in [-0.3, -0.25) is 0 Å². The van der Waals surface area contributed by atoms with Crippen LogP contribution in [0.5, 0.6) is 0 Å². The Morgan fingerprint density at radius 3 is 2.83 bits per heavy atom. The molecule has 0 radical (unpaired) electrons. The molecule has 3 heterocycles. The minimum Gasteiger partial charge on any atom is -0.363 e. The van der Waals surface area contributed by atoms with E-state index < -0.39 is 0 Å². The van der Waals surface area contributed by atoms with Crippen molar-refractivity contribution >= 4 is 22.5 Å². The number of hydrogen-bond acceptors (Lipinski definition) is 4. The molecule has 1 aliphatic rings. The molecule has 24 heavy (non-hydrogen) atoms. The third-order valence-electron chi connectivity index (χ3n) is 4.30. The van der Waals surface area contributed by atoms with Gasteiger partial charge in [-0.05, 0) is 28.5 Å². The van der Waals surface area contributed by atoms with E-state index in [-0.39, 0.29) is 5.37 Å². The molecule has 5 rings (SSSR count). The maximum Gasteiger partial charge on any atom is 0.212 e. The highest BCUT2D eigenvalue weighted by atomic mass is 32.2. The first-order valence-electron chi connectivity index (χ1n) is 7.86. The van der Waals surface area contributed by atoms with Crippen LogP contribution in [0.2, 0.25) is 0 Å². The number of nitrogens with one attached hydrogen (secondary N) is 2. The van der Waals surface area contributed by atoms with Crippen molar-refractivity contribution in [2.75, 3.05) is 5.43 Å². The van der Waals surface area contributed by atoms with Crippen LogP contribution in [0.3, 0.4) is 0 Å². The molecular weight excluding hydrogens is 318 g/mol. The van der Waals surface area contributed by atoms with Gasteiger partial charge in [0.2, 0.25) is 5.16 Å². The summed E-state index contributed by atoms with van der Waals surface area (Å²) >= 11 is 1.68. The lowest BCUT2D eigenvalue weighted by atomic mass is 10.0. The Hall–Kier alpha value is -2.73. The molecule has 2 aromatic heterocycles. The lowest BCUT2D eigenvalue weighted by Gasteiger charge is -2.11. The van der Waals surface area contributed by atoms with Crippen LogP contribution in [-0.2, 0) is 6.42 Å². The number of benzene rings is 2. The highest BCUT2D eigenvalue weighted by Gasteiger charge is 2.28. The first-order chi connectivity index (χ1) is 11.9. The van der Waals surface area contributed by atoms with E-state index >= 15 is 0 Å².